The average molecular weight is 372 g/mol. The van der Waals surface area contributed by atoms with Gasteiger partial charge in [0.2, 0.25) is 0 Å². The van der Waals surface area contributed by atoms with E-state index in [2.05, 4.69) is 16.3 Å². The molecule has 1 spiro atoms. The van der Waals surface area contributed by atoms with E-state index in [1.165, 1.54) is 50.1 Å². The largest absolute Gasteiger partial charge is 0.346 e. The Hall–Kier alpha value is -1.61. The Morgan fingerprint density at radius 3 is 2.80 bits per heavy atom. The highest BCUT2D eigenvalue weighted by atomic mass is 35.5. The number of halogens is 1. The first-order chi connectivity index (χ1) is 12.1. The van der Waals surface area contributed by atoms with Gasteiger partial charge in [-0.25, -0.2) is 0 Å². The molecule has 0 radical (unpaired) electrons. The second-order valence-electron chi connectivity index (χ2n) is 7.44. The molecule has 3 aliphatic heterocycles. The van der Waals surface area contributed by atoms with Crippen LogP contribution in [-0.4, -0.2) is 35.5 Å². The lowest BCUT2D eigenvalue weighted by molar-refractivity contribution is -0.00138. The SMILES string of the molecule is N#Cc1c(Cl)ccc2cc(C(=O)N[C@H]3C4CCN(CC4)C34CC4)sc12. The summed E-state index contributed by atoms with van der Waals surface area (Å²) in [5, 5.41) is 14.0. The third-order valence-electron chi connectivity index (χ3n) is 6.24. The van der Waals surface area contributed by atoms with Crippen molar-refractivity contribution in [1.29, 1.82) is 5.26 Å². The number of hydrogen-bond acceptors (Lipinski definition) is 4. The number of carbonyl (C=O) groups excluding carboxylic acids is 1. The third-order valence-corrected chi connectivity index (χ3v) is 7.72. The van der Waals surface area contributed by atoms with E-state index in [0.717, 1.165) is 10.1 Å². The number of benzene rings is 1. The summed E-state index contributed by atoms with van der Waals surface area (Å²) >= 11 is 7.48. The summed E-state index contributed by atoms with van der Waals surface area (Å²) < 4.78 is 0.801. The summed E-state index contributed by atoms with van der Waals surface area (Å²) in [4.78, 5) is 16.2. The van der Waals surface area contributed by atoms with Gasteiger partial charge in [-0.15, -0.1) is 11.3 Å². The van der Waals surface area contributed by atoms with Crippen molar-refractivity contribution in [2.24, 2.45) is 5.92 Å². The summed E-state index contributed by atoms with van der Waals surface area (Å²) in [7, 11) is 0. The quantitative estimate of drug-likeness (QED) is 0.873. The van der Waals surface area contributed by atoms with Crippen molar-refractivity contribution < 1.29 is 4.79 Å². The van der Waals surface area contributed by atoms with E-state index in [1.54, 1.807) is 6.07 Å². The number of nitriles is 1. The second-order valence-corrected chi connectivity index (χ2v) is 8.90. The molecule has 25 heavy (non-hydrogen) atoms. The van der Waals surface area contributed by atoms with Gasteiger partial charge in [-0.05, 0) is 62.2 Å². The number of fused-ring (bicyclic) bond motifs is 3. The van der Waals surface area contributed by atoms with Crippen LogP contribution in [0.4, 0.5) is 0 Å². The Labute approximate surface area is 155 Å². The standard InChI is InChI=1S/C19H18ClN3OS/c20-14-2-1-12-9-15(25-16(12)13(14)10-21)18(24)22-17-11-3-7-23(8-4-11)19(17)5-6-19/h1-2,9,11,17H,3-8H2,(H,22,24)/t17-/m0/s1. The molecular weight excluding hydrogens is 354 g/mol. The van der Waals surface area contributed by atoms with E-state index in [-0.39, 0.29) is 17.5 Å². The van der Waals surface area contributed by atoms with Gasteiger partial charge in [0.1, 0.15) is 6.07 Å². The van der Waals surface area contributed by atoms with Crippen LogP contribution in [-0.2, 0) is 0 Å². The topological polar surface area (TPSA) is 56.1 Å². The molecule has 6 rings (SSSR count). The first-order valence-electron chi connectivity index (χ1n) is 8.80. The van der Waals surface area contributed by atoms with Gasteiger partial charge in [0.15, 0.2) is 0 Å². The minimum atomic E-state index is -0.00811. The maximum absolute atomic E-state index is 12.9. The maximum Gasteiger partial charge on any atom is 0.261 e. The van der Waals surface area contributed by atoms with E-state index >= 15 is 0 Å². The van der Waals surface area contributed by atoms with E-state index in [9.17, 15) is 10.1 Å². The first kappa shape index (κ1) is 15.6. The Balaban J connectivity index is 1.45. The molecular formula is C19H18ClN3OS. The third kappa shape index (κ3) is 2.25. The Kier molecular flexibility index (Phi) is 3.40. The molecule has 1 amide bonds. The molecule has 2 bridgehead atoms. The molecule has 1 aliphatic carbocycles. The van der Waals surface area contributed by atoms with Gasteiger partial charge in [0, 0.05) is 5.54 Å². The Morgan fingerprint density at radius 2 is 2.12 bits per heavy atom. The molecule has 1 aromatic carbocycles. The van der Waals surface area contributed by atoms with Crippen LogP contribution in [0.25, 0.3) is 10.1 Å². The van der Waals surface area contributed by atoms with Gasteiger partial charge in [-0.2, -0.15) is 5.26 Å². The minimum absolute atomic E-state index is 0.00811. The van der Waals surface area contributed by atoms with Crippen LogP contribution in [0.15, 0.2) is 18.2 Å². The number of rotatable bonds is 2. The highest BCUT2D eigenvalue weighted by Gasteiger charge is 2.60. The summed E-state index contributed by atoms with van der Waals surface area (Å²) in [6.45, 7) is 2.37. The van der Waals surface area contributed by atoms with Crippen molar-refractivity contribution in [3.63, 3.8) is 0 Å². The van der Waals surface area contributed by atoms with Crippen molar-refractivity contribution in [2.75, 3.05) is 13.1 Å². The zero-order valence-corrected chi connectivity index (χ0v) is 15.3. The van der Waals surface area contributed by atoms with Gasteiger partial charge >= 0.3 is 0 Å². The highest BCUT2D eigenvalue weighted by molar-refractivity contribution is 7.21. The fourth-order valence-corrected chi connectivity index (χ4v) is 6.14. The highest BCUT2D eigenvalue weighted by Crippen LogP contribution is 2.53. The van der Waals surface area contributed by atoms with Crippen molar-refractivity contribution in [2.45, 2.75) is 37.3 Å². The van der Waals surface area contributed by atoms with Crippen molar-refractivity contribution in [3.05, 3.63) is 33.7 Å². The van der Waals surface area contributed by atoms with Crippen LogP contribution in [0.3, 0.4) is 0 Å². The number of nitrogens with one attached hydrogen (secondary N) is 1. The van der Waals surface area contributed by atoms with E-state index in [1.807, 2.05) is 12.1 Å². The van der Waals surface area contributed by atoms with E-state index < -0.39 is 0 Å². The summed E-state index contributed by atoms with van der Waals surface area (Å²) in [5.74, 6) is 0.598. The van der Waals surface area contributed by atoms with Gasteiger partial charge < -0.3 is 5.32 Å². The van der Waals surface area contributed by atoms with Crippen LogP contribution in [0.5, 0.6) is 0 Å². The van der Waals surface area contributed by atoms with Crippen molar-refractivity contribution in [1.82, 2.24) is 10.2 Å². The molecule has 1 N–H and O–H groups in total. The zero-order valence-electron chi connectivity index (χ0n) is 13.7. The molecule has 0 unspecified atom stereocenters. The van der Waals surface area contributed by atoms with Gasteiger partial charge in [-0.3, -0.25) is 9.69 Å². The number of amides is 1. The zero-order chi connectivity index (χ0) is 17.2. The fourth-order valence-electron chi connectivity index (χ4n) is 4.83. The molecule has 3 saturated heterocycles. The summed E-state index contributed by atoms with van der Waals surface area (Å²) in [6.07, 6.45) is 4.78. The Bertz CT molecular complexity index is 919. The predicted octanol–water partition coefficient (Wildman–Crippen LogP) is 3.78. The molecule has 1 atom stereocenters. The second kappa shape index (κ2) is 5.44. The minimum Gasteiger partial charge on any atom is -0.346 e. The molecule has 128 valence electrons. The monoisotopic (exact) mass is 371 g/mol. The molecule has 1 saturated carbocycles. The maximum atomic E-state index is 12.9. The molecule has 1 aromatic heterocycles. The van der Waals surface area contributed by atoms with Crippen LogP contribution in [0, 0.1) is 17.2 Å². The fraction of sp³-hybridized carbons (Fsp3) is 0.474. The lowest BCUT2D eigenvalue weighted by atomic mass is 9.77. The number of carbonyl (C=O) groups is 1. The van der Waals surface area contributed by atoms with Gasteiger partial charge in [0.05, 0.1) is 26.2 Å². The van der Waals surface area contributed by atoms with Crippen LogP contribution in [0.1, 0.15) is 40.9 Å². The molecule has 4 aliphatic rings. The van der Waals surface area contributed by atoms with Crippen LogP contribution < -0.4 is 5.32 Å². The lowest BCUT2D eigenvalue weighted by Crippen LogP contribution is -2.65. The first-order valence-corrected chi connectivity index (χ1v) is 10.00. The Morgan fingerprint density at radius 1 is 1.36 bits per heavy atom. The number of thiophene rings is 1. The lowest BCUT2D eigenvalue weighted by Gasteiger charge is -2.52. The van der Waals surface area contributed by atoms with E-state index in [4.69, 9.17) is 11.6 Å². The number of piperidine rings is 3. The van der Waals surface area contributed by atoms with E-state index in [0.29, 0.717) is 21.4 Å². The molecule has 6 heteroatoms. The molecule has 4 heterocycles. The van der Waals surface area contributed by atoms with Gasteiger partial charge in [-0.1, -0.05) is 17.7 Å². The molecule has 4 nitrogen and oxygen atoms in total. The van der Waals surface area contributed by atoms with Crippen molar-refractivity contribution >= 4 is 38.9 Å². The molecule has 4 fully saturated rings. The number of hydrogen-bond donors (Lipinski definition) is 1. The number of nitrogens with zero attached hydrogens (tertiary/aromatic N) is 2. The summed E-state index contributed by atoms with van der Waals surface area (Å²) in [6, 6.07) is 7.91. The summed E-state index contributed by atoms with van der Waals surface area (Å²) in [5.41, 5.74) is 0.693. The normalized spacial score (nSPS) is 28.9. The molecule has 2 aromatic rings. The van der Waals surface area contributed by atoms with Crippen molar-refractivity contribution in [3.8, 4) is 6.07 Å². The predicted molar refractivity (Wildman–Crippen MR) is 99.1 cm³/mol. The average Bonchev–Trinajstić information content (AvgIpc) is 3.28. The van der Waals surface area contributed by atoms with Crippen LogP contribution in [0.2, 0.25) is 5.02 Å². The van der Waals surface area contributed by atoms with Crippen LogP contribution >= 0.6 is 22.9 Å². The smallest absolute Gasteiger partial charge is 0.261 e. The van der Waals surface area contributed by atoms with Gasteiger partial charge in [0.25, 0.3) is 5.91 Å².